The largest absolute Gasteiger partial charge is 0.374 e. The molecule has 0 aliphatic heterocycles. The zero-order valence-corrected chi connectivity index (χ0v) is 9.98. The number of hydrogen-bond acceptors (Lipinski definition) is 1. The average molecular weight is 247 g/mol. The van der Waals surface area contributed by atoms with Crippen molar-refractivity contribution in [2.24, 2.45) is 0 Å². The summed E-state index contributed by atoms with van der Waals surface area (Å²) in [6.07, 6.45) is 7.96. The molecule has 0 amide bonds. The maximum absolute atomic E-state index is 5.90. The van der Waals surface area contributed by atoms with Crippen LogP contribution in [0.3, 0.4) is 0 Å². The lowest BCUT2D eigenvalue weighted by molar-refractivity contribution is -0.0554. The Morgan fingerprint density at radius 1 is 1.62 bits per heavy atom. The lowest BCUT2D eigenvalue weighted by atomic mass is 9.82. The molecule has 1 aliphatic carbocycles. The molecule has 0 spiro atoms. The van der Waals surface area contributed by atoms with Gasteiger partial charge in [-0.1, -0.05) is 34.8 Å². The van der Waals surface area contributed by atoms with Crippen LogP contribution in [0.2, 0.25) is 0 Å². The van der Waals surface area contributed by atoms with Crippen molar-refractivity contribution in [1.29, 1.82) is 0 Å². The molecule has 0 aromatic heterocycles. The second kappa shape index (κ2) is 5.16. The van der Waals surface area contributed by atoms with E-state index in [1.54, 1.807) is 0 Å². The number of hydrogen-bond donors (Lipinski definition) is 0. The molecule has 0 saturated heterocycles. The van der Waals surface area contributed by atoms with Crippen molar-refractivity contribution in [2.75, 3.05) is 6.61 Å². The first-order chi connectivity index (χ1) is 6.25. The van der Waals surface area contributed by atoms with E-state index in [4.69, 9.17) is 4.74 Å². The third-order valence-electron chi connectivity index (χ3n) is 2.80. The summed E-state index contributed by atoms with van der Waals surface area (Å²) in [7, 11) is 0. The van der Waals surface area contributed by atoms with Crippen molar-refractivity contribution < 1.29 is 4.74 Å². The van der Waals surface area contributed by atoms with Crippen LogP contribution in [0, 0.1) is 0 Å². The van der Waals surface area contributed by atoms with Crippen molar-refractivity contribution in [3.8, 4) is 0 Å². The third kappa shape index (κ3) is 2.57. The van der Waals surface area contributed by atoms with Crippen LogP contribution in [0.4, 0.5) is 0 Å². The summed E-state index contributed by atoms with van der Waals surface area (Å²) in [5.74, 6) is 0. The standard InChI is InChI=1S/C11H19BrO/c1-3-8-11(13-4-2)9-6-5-7-10(11)12/h3,10H,1,4-9H2,2H3. The molecule has 1 nitrogen and oxygen atoms in total. The lowest BCUT2D eigenvalue weighted by Gasteiger charge is -2.40. The van der Waals surface area contributed by atoms with Gasteiger partial charge in [-0.3, -0.25) is 0 Å². The molecule has 2 heteroatoms. The van der Waals surface area contributed by atoms with Crippen molar-refractivity contribution in [1.82, 2.24) is 0 Å². The number of rotatable bonds is 4. The van der Waals surface area contributed by atoms with Crippen molar-refractivity contribution >= 4 is 15.9 Å². The fourth-order valence-corrected chi connectivity index (χ4v) is 3.02. The molecule has 0 radical (unpaired) electrons. The molecule has 76 valence electrons. The predicted octanol–water partition coefficient (Wildman–Crippen LogP) is 3.68. The quantitative estimate of drug-likeness (QED) is 0.544. The summed E-state index contributed by atoms with van der Waals surface area (Å²) in [5, 5.41) is 0. The minimum absolute atomic E-state index is 0.0365. The van der Waals surface area contributed by atoms with Gasteiger partial charge in [0.2, 0.25) is 0 Å². The predicted molar refractivity (Wildman–Crippen MR) is 60.4 cm³/mol. The molecule has 13 heavy (non-hydrogen) atoms. The van der Waals surface area contributed by atoms with Crippen LogP contribution in [0.1, 0.15) is 39.0 Å². The molecule has 1 saturated carbocycles. The Morgan fingerprint density at radius 2 is 2.38 bits per heavy atom. The maximum Gasteiger partial charge on any atom is 0.0840 e. The summed E-state index contributed by atoms with van der Waals surface area (Å²) in [6.45, 7) is 6.69. The molecule has 1 aliphatic rings. The number of halogens is 1. The first kappa shape index (κ1) is 11.3. The first-order valence-electron chi connectivity index (χ1n) is 5.14. The normalized spacial score (nSPS) is 34.5. The molecule has 2 unspecified atom stereocenters. The second-order valence-corrected chi connectivity index (χ2v) is 4.81. The zero-order chi connectivity index (χ0) is 9.73. The van der Waals surface area contributed by atoms with Crippen LogP contribution in [0.25, 0.3) is 0 Å². The monoisotopic (exact) mass is 246 g/mol. The zero-order valence-electron chi connectivity index (χ0n) is 8.39. The summed E-state index contributed by atoms with van der Waals surface area (Å²) in [5.41, 5.74) is 0.0365. The van der Waals surface area contributed by atoms with E-state index in [0.717, 1.165) is 13.0 Å². The lowest BCUT2D eigenvalue weighted by Crippen LogP contribution is -2.43. The van der Waals surface area contributed by atoms with Gasteiger partial charge in [-0.05, 0) is 26.2 Å². The van der Waals surface area contributed by atoms with Crippen LogP contribution >= 0.6 is 15.9 Å². The SMILES string of the molecule is C=CCC1(OCC)CCCCC1Br. The van der Waals surface area contributed by atoms with Crippen LogP contribution < -0.4 is 0 Å². The molecule has 0 heterocycles. The second-order valence-electron chi connectivity index (χ2n) is 3.70. The van der Waals surface area contributed by atoms with Gasteiger partial charge in [0.25, 0.3) is 0 Å². The Hall–Kier alpha value is 0.180. The van der Waals surface area contributed by atoms with E-state index >= 15 is 0 Å². The van der Waals surface area contributed by atoms with Crippen LogP contribution in [0.15, 0.2) is 12.7 Å². The number of ether oxygens (including phenoxy) is 1. The van der Waals surface area contributed by atoms with Gasteiger partial charge in [-0.2, -0.15) is 0 Å². The number of alkyl halides is 1. The molecule has 2 atom stereocenters. The van der Waals surface area contributed by atoms with Crippen molar-refractivity contribution in [3.05, 3.63) is 12.7 Å². The Kier molecular flexibility index (Phi) is 4.47. The minimum Gasteiger partial charge on any atom is -0.374 e. The molecule has 0 N–H and O–H groups in total. The van der Waals surface area contributed by atoms with Crippen LogP contribution in [-0.2, 0) is 4.74 Å². The van der Waals surface area contributed by atoms with Gasteiger partial charge < -0.3 is 4.74 Å². The van der Waals surface area contributed by atoms with Gasteiger partial charge in [0, 0.05) is 11.4 Å². The Morgan fingerprint density at radius 3 is 2.92 bits per heavy atom. The Labute approximate surface area is 89.7 Å². The van der Waals surface area contributed by atoms with E-state index < -0.39 is 0 Å². The van der Waals surface area contributed by atoms with Crippen LogP contribution in [0.5, 0.6) is 0 Å². The van der Waals surface area contributed by atoms with E-state index in [2.05, 4.69) is 29.4 Å². The van der Waals surface area contributed by atoms with Crippen LogP contribution in [-0.4, -0.2) is 17.0 Å². The highest BCUT2D eigenvalue weighted by atomic mass is 79.9. The van der Waals surface area contributed by atoms with Gasteiger partial charge in [-0.15, -0.1) is 6.58 Å². The van der Waals surface area contributed by atoms with Gasteiger partial charge in [0.1, 0.15) is 0 Å². The summed E-state index contributed by atoms with van der Waals surface area (Å²) < 4.78 is 5.90. The smallest absolute Gasteiger partial charge is 0.0840 e. The average Bonchev–Trinajstić information content (AvgIpc) is 2.11. The van der Waals surface area contributed by atoms with E-state index in [0.29, 0.717) is 4.83 Å². The highest BCUT2D eigenvalue weighted by molar-refractivity contribution is 9.09. The Bertz CT molecular complexity index is 165. The molecular weight excluding hydrogens is 228 g/mol. The van der Waals surface area contributed by atoms with Crippen molar-refractivity contribution in [2.45, 2.75) is 49.5 Å². The Balaban J connectivity index is 2.66. The summed E-state index contributed by atoms with van der Waals surface area (Å²) >= 11 is 3.74. The third-order valence-corrected chi connectivity index (χ3v) is 4.09. The first-order valence-corrected chi connectivity index (χ1v) is 6.05. The highest BCUT2D eigenvalue weighted by Gasteiger charge is 2.38. The van der Waals surface area contributed by atoms with Gasteiger partial charge in [0.15, 0.2) is 0 Å². The van der Waals surface area contributed by atoms with Crippen molar-refractivity contribution in [3.63, 3.8) is 0 Å². The van der Waals surface area contributed by atoms with E-state index in [1.807, 2.05) is 6.08 Å². The molecule has 0 aromatic carbocycles. The maximum atomic E-state index is 5.90. The van der Waals surface area contributed by atoms with Gasteiger partial charge in [-0.25, -0.2) is 0 Å². The molecule has 1 fully saturated rings. The minimum atomic E-state index is 0.0365. The summed E-state index contributed by atoms with van der Waals surface area (Å²) in [4.78, 5) is 0.506. The topological polar surface area (TPSA) is 9.23 Å². The summed E-state index contributed by atoms with van der Waals surface area (Å²) in [6, 6.07) is 0. The van der Waals surface area contributed by atoms with E-state index in [1.165, 1.54) is 25.7 Å². The molecular formula is C11H19BrO. The van der Waals surface area contributed by atoms with E-state index in [9.17, 15) is 0 Å². The van der Waals surface area contributed by atoms with E-state index in [-0.39, 0.29) is 5.60 Å². The molecule has 0 aromatic rings. The molecule has 1 rings (SSSR count). The fraction of sp³-hybridized carbons (Fsp3) is 0.818. The van der Waals surface area contributed by atoms with Gasteiger partial charge >= 0.3 is 0 Å². The fourth-order valence-electron chi connectivity index (χ4n) is 2.15. The molecule has 0 bridgehead atoms. The highest BCUT2D eigenvalue weighted by Crippen LogP contribution is 2.39. The van der Waals surface area contributed by atoms with Gasteiger partial charge in [0.05, 0.1) is 5.60 Å².